The molecule has 6 nitrogen and oxygen atoms in total. The highest BCUT2D eigenvalue weighted by molar-refractivity contribution is 7.53. The van der Waals surface area contributed by atoms with Crippen molar-refractivity contribution in [3.63, 3.8) is 0 Å². The molecule has 0 aromatic rings. The van der Waals surface area contributed by atoms with Crippen LogP contribution in [0, 0.1) is 0 Å². The third kappa shape index (κ3) is 21.8. The van der Waals surface area contributed by atoms with E-state index in [-0.39, 0.29) is 18.6 Å². The highest BCUT2D eigenvalue weighted by atomic mass is 31.2. The zero-order valence-electron chi connectivity index (χ0n) is 17.9. The van der Waals surface area contributed by atoms with Gasteiger partial charge < -0.3 is 5.32 Å². The molecule has 0 saturated carbocycles. The molecule has 166 valence electrons. The maximum absolute atomic E-state index is 11.8. The van der Waals surface area contributed by atoms with Crippen LogP contribution in [0.4, 0.5) is 0 Å². The summed E-state index contributed by atoms with van der Waals surface area (Å²) in [7, 11) is -4.22. The molecule has 28 heavy (non-hydrogen) atoms. The Hall–Kier alpha value is -0.520. The van der Waals surface area contributed by atoms with E-state index in [0.717, 1.165) is 25.7 Å². The fourth-order valence-corrected chi connectivity index (χ4v) is 3.38. The fraction of sp³-hybridized carbons (Fsp3) is 0.857. The Morgan fingerprint density at radius 2 is 1.39 bits per heavy atom. The summed E-state index contributed by atoms with van der Waals surface area (Å²) in [5, 5.41) is 2.71. The van der Waals surface area contributed by atoms with Crippen LogP contribution in [0.3, 0.4) is 0 Å². The molecule has 0 spiro atoms. The van der Waals surface area contributed by atoms with Crippen molar-refractivity contribution >= 4 is 14.1 Å². The summed E-state index contributed by atoms with van der Waals surface area (Å²) in [6, 6.07) is -0.374. The quantitative estimate of drug-likeness (QED) is 0.131. The van der Waals surface area contributed by atoms with E-state index >= 15 is 0 Å². The molecule has 0 aromatic carbocycles. The predicted octanol–water partition coefficient (Wildman–Crippen LogP) is 5.20. The standard InChI is InChI=1S/C21H42NO5P/c1-3-4-5-6-7-8-9-10-11-12-13-14-15-16-17-18-21(23)22-20(2)19-27-28(24,25)26/h10-11,20,24-26H,3-9,12-19H2,1-2H3/p+1/b11-10-/t20-/m0/s1. The largest absolute Gasteiger partial charge is 0.567 e. The zero-order chi connectivity index (χ0) is 21.1. The maximum atomic E-state index is 11.8. The van der Waals surface area contributed by atoms with Crippen LogP contribution >= 0.6 is 8.17 Å². The molecule has 0 unspecified atom stereocenters. The third-order valence-corrected chi connectivity index (χ3v) is 5.07. The molecule has 1 atom stereocenters. The van der Waals surface area contributed by atoms with E-state index in [9.17, 15) is 4.79 Å². The lowest BCUT2D eigenvalue weighted by Crippen LogP contribution is -2.35. The number of amides is 1. The lowest BCUT2D eigenvalue weighted by atomic mass is 10.1. The van der Waals surface area contributed by atoms with Gasteiger partial charge >= 0.3 is 8.17 Å². The number of unbranched alkanes of at least 4 members (excludes halogenated alkanes) is 11. The van der Waals surface area contributed by atoms with E-state index in [2.05, 4.69) is 28.9 Å². The van der Waals surface area contributed by atoms with Crippen LogP contribution in [0.1, 0.15) is 104 Å². The van der Waals surface area contributed by atoms with E-state index < -0.39 is 8.17 Å². The van der Waals surface area contributed by atoms with Gasteiger partial charge in [-0.05, 0) is 39.0 Å². The molecule has 1 amide bonds. The van der Waals surface area contributed by atoms with Crippen molar-refractivity contribution in [3.05, 3.63) is 12.2 Å². The minimum Gasteiger partial charge on any atom is -0.351 e. The van der Waals surface area contributed by atoms with E-state index in [4.69, 9.17) is 14.7 Å². The van der Waals surface area contributed by atoms with Gasteiger partial charge in [0, 0.05) is 6.42 Å². The second-order valence-electron chi connectivity index (χ2n) is 7.61. The normalized spacial score (nSPS) is 13.2. The summed E-state index contributed by atoms with van der Waals surface area (Å²) in [4.78, 5) is 38.0. The van der Waals surface area contributed by atoms with Crippen molar-refractivity contribution < 1.29 is 24.0 Å². The molecule has 0 saturated heterocycles. The van der Waals surface area contributed by atoms with Crippen LogP contribution in [0.2, 0.25) is 0 Å². The molecule has 0 aliphatic carbocycles. The minimum absolute atomic E-state index is 0.0773. The van der Waals surface area contributed by atoms with Gasteiger partial charge in [0.1, 0.15) is 6.61 Å². The van der Waals surface area contributed by atoms with Crippen LogP contribution in [-0.2, 0) is 9.32 Å². The van der Waals surface area contributed by atoms with Gasteiger partial charge in [-0.1, -0.05) is 70.4 Å². The summed E-state index contributed by atoms with van der Waals surface area (Å²) in [5.41, 5.74) is 0. The maximum Gasteiger partial charge on any atom is 0.567 e. The fourth-order valence-electron chi connectivity index (χ4n) is 2.96. The Bertz CT molecular complexity index is 399. The Labute approximate surface area is 172 Å². The van der Waals surface area contributed by atoms with Gasteiger partial charge in [0.15, 0.2) is 0 Å². The van der Waals surface area contributed by atoms with Crippen molar-refractivity contribution in [1.29, 1.82) is 0 Å². The van der Waals surface area contributed by atoms with Crippen molar-refractivity contribution in [3.8, 4) is 0 Å². The average Bonchev–Trinajstić information content (AvgIpc) is 2.62. The van der Waals surface area contributed by atoms with Gasteiger partial charge in [-0.3, -0.25) is 4.79 Å². The van der Waals surface area contributed by atoms with E-state index in [0.29, 0.717) is 6.42 Å². The van der Waals surface area contributed by atoms with Gasteiger partial charge in [-0.2, -0.15) is 19.2 Å². The zero-order valence-corrected chi connectivity index (χ0v) is 18.8. The second kappa shape index (κ2) is 18.5. The smallest absolute Gasteiger partial charge is 0.351 e. The number of allylic oxidation sites excluding steroid dienone is 2. The first-order chi connectivity index (χ1) is 13.3. The molecule has 7 heteroatoms. The molecule has 0 fully saturated rings. The minimum atomic E-state index is -4.22. The van der Waals surface area contributed by atoms with Crippen molar-refractivity contribution in [2.45, 2.75) is 110 Å². The number of carbonyl (C=O) groups is 1. The van der Waals surface area contributed by atoms with Crippen molar-refractivity contribution in [2.24, 2.45) is 0 Å². The second-order valence-corrected chi connectivity index (χ2v) is 8.90. The van der Waals surface area contributed by atoms with Crippen molar-refractivity contribution in [2.75, 3.05) is 6.61 Å². The van der Waals surface area contributed by atoms with Gasteiger partial charge in [-0.15, -0.1) is 0 Å². The molecule has 0 aromatic heterocycles. The number of carbonyl (C=O) groups excluding carboxylic acids is 1. The highest BCUT2D eigenvalue weighted by Crippen LogP contribution is 2.45. The van der Waals surface area contributed by atoms with Gasteiger partial charge in [0.25, 0.3) is 0 Å². The van der Waals surface area contributed by atoms with Gasteiger partial charge in [0.2, 0.25) is 5.91 Å². The molecular formula is C21H43NO5P+. The molecule has 0 aliphatic heterocycles. The summed E-state index contributed by atoms with van der Waals surface area (Å²) in [6.07, 6.45) is 21.0. The number of hydrogen-bond donors (Lipinski definition) is 4. The molecular weight excluding hydrogens is 377 g/mol. The van der Waals surface area contributed by atoms with E-state index in [1.807, 2.05) is 0 Å². The average molecular weight is 421 g/mol. The first kappa shape index (κ1) is 27.5. The third-order valence-electron chi connectivity index (χ3n) is 4.57. The monoisotopic (exact) mass is 420 g/mol. The molecule has 0 bridgehead atoms. The summed E-state index contributed by atoms with van der Waals surface area (Å²) in [5.74, 6) is -0.0773. The number of rotatable bonds is 19. The first-order valence-electron chi connectivity index (χ1n) is 11.0. The summed E-state index contributed by atoms with van der Waals surface area (Å²) >= 11 is 0. The Morgan fingerprint density at radius 3 is 1.93 bits per heavy atom. The van der Waals surface area contributed by atoms with Gasteiger partial charge in [0.05, 0.1) is 6.04 Å². The van der Waals surface area contributed by atoms with Crippen molar-refractivity contribution in [1.82, 2.24) is 5.32 Å². The lowest BCUT2D eigenvalue weighted by Gasteiger charge is -2.13. The molecule has 0 heterocycles. The van der Waals surface area contributed by atoms with Crippen LogP contribution in [0.15, 0.2) is 12.2 Å². The van der Waals surface area contributed by atoms with E-state index in [1.165, 1.54) is 57.8 Å². The SMILES string of the molecule is CCCCCCCC/C=C\CCCCCCCC(=O)N[C@@H](C)CO[P+](O)(O)O. The topological polar surface area (TPSA) is 99.0 Å². The number of hydrogen-bond acceptors (Lipinski definition) is 5. The van der Waals surface area contributed by atoms with Crippen LogP contribution in [-0.4, -0.2) is 33.2 Å². The van der Waals surface area contributed by atoms with Gasteiger partial charge in [-0.25, -0.2) is 0 Å². The first-order valence-corrected chi connectivity index (χ1v) is 12.6. The summed E-state index contributed by atoms with van der Waals surface area (Å²) in [6.45, 7) is 3.81. The molecule has 0 rings (SSSR count). The van der Waals surface area contributed by atoms with Crippen LogP contribution in [0.5, 0.6) is 0 Å². The molecule has 0 aliphatic rings. The Kier molecular flexibility index (Phi) is 18.2. The summed E-state index contributed by atoms with van der Waals surface area (Å²) < 4.78 is 4.48. The molecule has 0 radical (unpaired) electrons. The number of nitrogens with one attached hydrogen (secondary N) is 1. The lowest BCUT2D eigenvalue weighted by molar-refractivity contribution is -0.122. The Morgan fingerprint density at radius 1 is 0.893 bits per heavy atom. The Balaban J connectivity index is 3.38. The highest BCUT2D eigenvalue weighted by Gasteiger charge is 2.33. The van der Waals surface area contributed by atoms with E-state index in [1.54, 1.807) is 6.92 Å². The van der Waals surface area contributed by atoms with Crippen LogP contribution < -0.4 is 5.32 Å². The van der Waals surface area contributed by atoms with Crippen LogP contribution in [0.25, 0.3) is 0 Å². The molecule has 4 N–H and O–H groups in total. The predicted molar refractivity (Wildman–Crippen MR) is 117 cm³/mol.